The fourth-order valence-corrected chi connectivity index (χ4v) is 2.15. The van der Waals surface area contributed by atoms with Crippen LogP contribution >= 0.6 is 0 Å². The van der Waals surface area contributed by atoms with E-state index in [9.17, 15) is 4.79 Å². The number of aliphatic carboxylic acids is 1. The summed E-state index contributed by atoms with van der Waals surface area (Å²) in [7, 11) is 0. The molecule has 0 saturated carbocycles. The molecule has 0 bridgehead atoms. The SMILES string of the molecule is CCC(CCCCCc1ccc(C)cc1)C(=O)O. The van der Waals surface area contributed by atoms with Crippen LogP contribution in [0.4, 0.5) is 0 Å². The van der Waals surface area contributed by atoms with E-state index in [1.807, 2.05) is 6.92 Å². The largest absolute Gasteiger partial charge is 0.481 e. The predicted molar refractivity (Wildman–Crippen MR) is 74.8 cm³/mol. The summed E-state index contributed by atoms with van der Waals surface area (Å²) in [5, 5.41) is 8.93. The first-order valence-corrected chi connectivity index (χ1v) is 6.91. The van der Waals surface area contributed by atoms with Crippen molar-refractivity contribution in [2.75, 3.05) is 0 Å². The Morgan fingerprint density at radius 2 is 1.83 bits per heavy atom. The molecule has 1 N–H and O–H groups in total. The minimum atomic E-state index is -0.643. The van der Waals surface area contributed by atoms with Gasteiger partial charge in [-0.3, -0.25) is 4.79 Å². The highest BCUT2D eigenvalue weighted by Crippen LogP contribution is 2.15. The van der Waals surface area contributed by atoms with Crippen molar-refractivity contribution in [2.45, 2.75) is 52.4 Å². The van der Waals surface area contributed by atoms with Crippen molar-refractivity contribution in [2.24, 2.45) is 5.92 Å². The molecular weight excluding hydrogens is 224 g/mol. The summed E-state index contributed by atoms with van der Waals surface area (Å²) in [6.45, 7) is 4.05. The van der Waals surface area contributed by atoms with E-state index in [-0.39, 0.29) is 5.92 Å². The quantitative estimate of drug-likeness (QED) is 0.700. The zero-order valence-corrected chi connectivity index (χ0v) is 11.5. The van der Waals surface area contributed by atoms with Crippen LogP contribution in [-0.4, -0.2) is 11.1 Å². The number of benzene rings is 1. The molecule has 0 fully saturated rings. The Balaban J connectivity index is 2.15. The van der Waals surface area contributed by atoms with Gasteiger partial charge in [0.1, 0.15) is 0 Å². The highest BCUT2D eigenvalue weighted by Gasteiger charge is 2.13. The van der Waals surface area contributed by atoms with Crippen LogP contribution in [-0.2, 0) is 11.2 Å². The molecule has 1 aromatic rings. The lowest BCUT2D eigenvalue weighted by Crippen LogP contribution is -2.12. The zero-order valence-electron chi connectivity index (χ0n) is 11.5. The van der Waals surface area contributed by atoms with E-state index in [0.717, 1.165) is 38.5 Å². The van der Waals surface area contributed by atoms with Gasteiger partial charge in [0.25, 0.3) is 0 Å². The molecule has 18 heavy (non-hydrogen) atoms. The van der Waals surface area contributed by atoms with Crippen molar-refractivity contribution in [1.82, 2.24) is 0 Å². The summed E-state index contributed by atoms with van der Waals surface area (Å²) in [6, 6.07) is 8.66. The second-order valence-electron chi connectivity index (χ2n) is 5.03. The van der Waals surface area contributed by atoms with Crippen molar-refractivity contribution < 1.29 is 9.90 Å². The van der Waals surface area contributed by atoms with Gasteiger partial charge in [0, 0.05) is 0 Å². The molecule has 0 saturated heterocycles. The standard InChI is InChI=1S/C16H24O2/c1-3-15(16(17)18)8-6-4-5-7-14-11-9-13(2)10-12-14/h9-12,15H,3-8H2,1-2H3,(H,17,18). The summed E-state index contributed by atoms with van der Waals surface area (Å²) in [5.74, 6) is -0.791. The van der Waals surface area contributed by atoms with Gasteiger partial charge in [-0.15, -0.1) is 0 Å². The zero-order chi connectivity index (χ0) is 13.4. The minimum absolute atomic E-state index is 0.149. The monoisotopic (exact) mass is 248 g/mol. The Hall–Kier alpha value is -1.31. The Morgan fingerprint density at radius 1 is 1.17 bits per heavy atom. The number of hydrogen-bond donors (Lipinski definition) is 1. The van der Waals surface area contributed by atoms with Crippen LogP contribution in [0.15, 0.2) is 24.3 Å². The van der Waals surface area contributed by atoms with Crippen LogP contribution in [0.5, 0.6) is 0 Å². The van der Waals surface area contributed by atoms with Crippen molar-refractivity contribution in [3.63, 3.8) is 0 Å². The first-order valence-electron chi connectivity index (χ1n) is 6.91. The van der Waals surface area contributed by atoms with Gasteiger partial charge in [-0.05, 0) is 38.2 Å². The molecule has 0 spiro atoms. The Kier molecular flexibility index (Phi) is 6.48. The normalized spacial score (nSPS) is 12.3. The Morgan fingerprint density at radius 3 is 2.39 bits per heavy atom. The molecule has 0 aliphatic carbocycles. The molecule has 0 aliphatic rings. The molecule has 0 aromatic heterocycles. The van der Waals surface area contributed by atoms with Gasteiger partial charge in [0.05, 0.1) is 5.92 Å². The minimum Gasteiger partial charge on any atom is -0.481 e. The van der Waals surface area contributed by atoms with Crippen molar-refractivity contribution in [1.29, 1.82) is 0 Å². The predicted octanol–water partition coefficient (Wildman–Crippen LogP) is 4.21. The topological polar surface area (TPSA) is 37.3 Å². The average Bonchev–Trinajstić information content (AvgIpc) is 2.35. The van der Waals surface area contributed by atoms with E-state index in [2.05, 4.69) is 31.2 Å². The van der Waals surface area contributed by atoms with Gasteiger partial charge in [-0.1, -0.05) is 49.6 Å². The molecular formula is C16H24O2. The van der Waals surface area contributed by atoms with E-state index in [1.54, 1.807) is 0 Å². The summed E-state index contributed by atoms with van der Waals surface area (Å²) in [5.41, 5.74) is 2.68. The molecule has 2 heteroatoms. The van der Waals surface area contributed by atoms with E-state index < -0.39 is 5.97 Å². The molecule has 0 heterocycles. The van der Waals surface area contributed by atoms with Gasteiger partial charge < -0.3 is 5.11 Å². The molecule has 1 aromatic carbocycles. The van der Waals surface area contributed by atoms with Crippen LogP contribution in [0.25, 0.3) is 0 Å². The molecule has 100 valence electrons. The third-order valence-corrected chi connectivity index (χ3v) is 3.48. The third kappa shape index (κ3) is 5.35. The lowest BCUT2D eigenvalue weighted by molar-refractivity contribution is -0.142. The summed E-state index contributed by atoms with van der Waals surface area (Å²) in [6.07, 6.45) is 5.96. The van der Waals surface area contributed by atoms with Crippen LogP contribution in [0.1, 0.15) is 50.2 Å². The molecule has 0 radical (unpaired) electrons. The summed E-state index contributed by atoms with van der Waals surface area (Å²) < 4.78 is 0. The van der Waals surface area contributed by atoms with Gasteiger partial charge >= 0.3 is 5.97 Å². The number of rotatable bonds is 8. The van der Waals surface area contributed by atoms with Crippen LogP contribution in [0, 0.1) is 12.8 Å². The Bertz CT molecular complexity index is 354. The van der Waals surface area contributed by atoms with Crippen molar-refractivity contribution >= 4 is 5.97 Å². The second kappa shape index (κ2) is 7.91. The number of hydrogen-bond acceptors (Lipinski definition) is 1. The van der Waals surface area contributed by atoms with Crippen molar-refractivity contribution in [3.05, 3.63) is 35.4 Å². The van der Waals surface area contributed by atoms with Crippen LogP contribution in [0.2, 0.25) is 0 Å². The van der Waals surface area contributed by atoms with Crippen LogP contribution < -0.4 is 0 Å². The van der Waals surface area contributed by atoms with E-state index >= 15 is 0 Å². The van der Waals surface area contributed by atoms with E-state index in [0.29, 0.717) is 0 Å². The fourth-order valence-electron chi connectivity index (χ4n) is 2.15. The second-order valence-corrected chi connectivity index (χ2v) is 5.03. The first kappa shape index (κ1) is 14.7. The molecule has 1 rings (SSSR count). The molecule has 1 unspecified atom stereocenters. The van der Waals surface area contributed by atoms with Gasteiger partial charge in [0.2, 0.25) is 0 Å². The van der Waals surface area contributed by atoms with Crippen molar-refractivity contribution in [3.8, 4) is 0 Å². The van der Waals surface area contributed by atoms with Gasteiger partial charge in [-0.2, -0.15) is 0 Å². The summed E-state index contributed by atoms with van der Waals surface area (Å²) >= 11 is 0. The maximum absolute atomic E-state index is 10.8. The molecule has 0 aliphatic heterocycles. The van der Waals surface area contributed by atoms with Crippen LogP contribution in [0.3, 0.4) is 0 Å². The maximum atomic E-state index is 10.8. The average molecular weight is 248 g/mol. The van der Waals surface area contributed by atoms with Gasteiger partial charge in [0.15, 0.2) is 0 Å². The fraction of sp³-hybridized carbons (Fsp3) is 0.562. The lowest BCUT2D eigenvalue weighted by atomic mass is 9.97. The maximum Gasteiger partial charge on any atom is 0.306 e. The molecule has 1 atom stereocenters. The number of carboxylic acid groups (broad SMARTS) is 1. The number of carbonyl (C=O) groups is 1. The van der Waals surface area contributed by atoms with E-state index in [4.69, 9.17) is 5.11 Å². The Labute approximate surface area is 110 Å². The highest BCUT2D eigenvalue weighted by atomic mass is 16.4. The first-order chi connectivity index (χ1) is 8.63. The third-order valence-electron chi connectivity index (χ3n) is 3.48. The lowest BCUT2D eigenvalue weighted by Gasteiger charge is -2.09. The van der Waals surface area contributed by atoms with E-state index in [1.165, 1.54) is 11.1 Å². The number of carboxylic acids is 1. The summed E-state index contributed by atoms with van der Waals surface area (Å²) in [4.78, 5) is 10.8. The molecule has 0 amide bonds. The smallest absolute Gasteiger partial charge is 0.306 e. The number of aryl methyl sites for hydroxylation is 2. The molecule has 2 nitrogen and oxygen atoms in total. The number of unbranched alkanes of at least 4 members (excludes halogenated alkanes) is 2. The highest BCUT2D eigenvalue weighted by molar-refractivity contribution is 5.69. The van der Waals surface area contributed by atoms with Gasteiger partial charge in [-0.25, -0.2) is 0 Å².